The number of halogens is 1. The molecule has 4 nitrogen and oxygen atoms in total. The Labute approximate surface area is 115 Å². The zero-order valence-electron chi connectivity index (χ0n) is 10.2. The minimum atomic E-state index is -0.120. The molecule has 18 heavy (non-hydrogen) atoms. The smallest absolute Gasteiger partial charge is 0.287 e. The van der Waals surface area contributed by atoms with E-state index in [0.717, 1.165) is 19.1 Å². The van der Waals surface area contributed by atoms with Gasteiger partial charge >= 0.3 is 0 Å². The summed E-state index contributed by atoms with van der Waals surface area (Å²) in [5.74, 6) is 0.845. The van der Waals surface area contributed by atoms with E-state index in [-0.39, 0.29) is 5.91 Å². The first-order chi connectivity index (χ1) is 8.72. The minimum absolute atomic E-state index is 0.120. The number of nitrogens with one attached hydrogen (secondary N) is 1. The third-order valence-corrected chi connectivity index (χ3v) is 4.16. The molecule has 1 saturated heterocycles. The molecule has 1 aromatic rings. The van der Waals surface area contributed by atoms with Crippen LogP contribution in [0.5, 0.6) is 0 Å². The molecule has 0 spiro atoms. The Morgan fingerprint density at radius 2 is 2.28 bits per heavy atom. The molecule has 1 amide bonds. The van der Waals surface area contributed by atoms with Gasteiger partial charge in [0.2, 0.25) is 0 Å². The van der Waals surface area contributed by atoms with Crippen LogP contribution in [-0.4, -0.2) is 36.5 Å². The van der Waals surface area contributed by atoms with E-state index < -0.39 is 0 Å². The number of carbonyl (C=O) groups is 1. The van der Waals surface area contributed by atoms with E-state index in [9.17, 15) is 4.79 Å². The van der Waals surface area contributed by atoms with Crippen molar-refractivity contribution in [2.45, 2.75) is 25.3 Å². The lowest BCUT2D eigenvalue weighted by atomic mass is 10.1. The Morgan fingerprint density at radius 1 is 1.44 bits per heavy atom. The number of hydrogen-bond acceptors (Lipinski definition) is 3. The van der Waals surface area contributed by atoms with Crippen molar-refractivity contribution in [1.29, 1.82) is 0 Å². The second-order valence-electron chi connectivity index (χ2n) is 5.19. The highest BCUT2D eigenvalue weighted by atomic mass is 79.9. The summed E-state index contributed by atoms with van der Waals surface area (Å²) in [5, 5.41) is 2.95. The summed E-state index contributed by atoms with van der Waals surface area (Å²) in [5.41, 5.74) is 0. The van der Waals surface area contributed by atoms with Crippen LogP contribution in [0.25, 0.3) is 0 Å². The van der Waals surface area contributed by atoms with Gasteiger partial charge in [0.25, 0.3) is 5.91 Å². The summed E-state index contributed by atoms with van der Waals surface area (Å²) < 4.78 is 5.82. The lowest BCUT2D eigenvalue weighted by molar-refractivity contribution is 0.0918. The first-order valence-corrected chi connectivity index (χ1v) is 7.29. The summed E-state index contributed by atoms with van der Waals surface area (Å²) in [7, 11) is 0. The van der Waals surface area contributed by atoms with Gasteiger partial charge in [0.05, 0.1) is 0 Å². The third kappa shape index (κ3) is 2.78. The molecule has 1 unspecified atom stereocenters. The summed E-state index contributed by atoms with van der Waals surface area (Å²) in [6.45, 7) is 3.07. The maximum absolute atomic E-state index is 11.8. The van der Waals surface area contributed by atoms with Gasteiger partial charge in [0, 0.05) is 19.1 Å². The average molecular weight is 313 g/mol. The monoisotopic (exact) mass is 312 g/mol. The topological polar surface area (TPSA) is 45.5 Å². The van der Waals surface area contributed by atoms with Crippen LogP contribution in [-0.2, 0) is 0 Å². The second-order valence-corrected chi connectivity index (χ2v) is 5.98. The van der Waals surface area contributed by atoms with Gasteiger partial charge < -0.3 is 14.6 Å². The number of amides is 1. The van der Waals surface area contributed by atoms with Gasteiger partial charge in [0.15, 0.2) is 10.4 Å². The van der Waals surface area contributed by atoms with Crippen LogP contribution in [0.4, 0.5) is 0 Å². The number of likely N-dealkylation sites (tertiary alicyclic amines) is 1. The molecule has 1 N–H and O–H groups in total. The van der Waals surface area contributed by atoms with Crippen LogP contribution >= 0.6 is 15.9 Å². The summed E-state index contributed by atoms with van der Waals surface area (Å²) >= 11 is 3.20. The maximum Gasteiger partial charge on any atom is 0.287 e. The molecular weight excluding hydrogens is 296 g/mol. The van der Waals surface area contributed by atoms with E-state index in [2.05, 4.69) is 26.1 Å². The molecule has 5 heteroatoms. The predicted molar refractivity (Wildman–Crippen MR) is 71.4 cm³/mol. The standard InChI is InChI=1S/C13H17BrN2O2/c14-12-4-3-11(18-12)13(17)15-7-9-5-6-16(8-9)10-1-2-10/h3-4,9-10H,1-2,5-8H2,(H,15,17). The Kier molecular flexibility index (Phi) is 3.43. The van der Waals surface area contributed by atoms with E-state index in [0.29, 0.717) is 16.3 Å². The van der Waals surface area contributed by atoms with Gasteiger partial charge in [-0.25, -0.2) is 0 Å². The highest BCUT2D eigenvalue weighted by Gasteiger charge is 2.34. The van der Waals surface area contributed by atoms with E-state index in [1.54, 1.807) is 12.1 Å². The first-order valence-electron chi connectivity index (χ1n) is 6.50. The van der Waals surface area contributed by atoms with Crippen molar-refractivity contribution in [3.63, 3.8) is 0 Å². The van der Waals surface area contributed by atoms with Gasteiger partial charge in [-0.3, -0.25) is 4.79 Å². The van der Waals surface area contributed by atoms with Gasteiger partial charge in [-0.05, 0) is 59.8 Å². The fraction of sp³-hybridized carbons (Fsp3) is 0.615. The zero-order valence-corrected chi connectivity index (χ0v) is 11.8. The molecule has 1 aromatic heterocycles. The number of carbonyl (C=O) groups excluding carboxylic acids is 1. The Morgan fingerprint density at radius 3 is 2.94 bits per heavy atom. The molecule has 3 rings (SSSR count). The Bertz CT molecular complexity index is 442. The van der Waals surface area contributed by atoms with E-state index in [4.69, 9.17) is 4.42 Å². The first kappa shape index (κ1) is 12.2. The van der Waals surface area contributed by atoms with Crippen molar-refractivity contribution in [1.82, 2.24) is 10.2 Å². The summed E-state index contributed by atoms with van der Waals surface area (Å²) in [6, 6.07) is 4.26. The quantitative estimate of drug-likeness (QED) is 0.927. The van der Waals surface area contributed by atoms with Crippen molar-refractivity contribution < 1.29 is 9.21 Å². The molecule has 1 saturated carbocycles. The lowest BCUT2D eigenvalue weighted by Gasteiger charge is -2.14. The van der Waals surface area contributed by atoms with Gasteiger partial charge in [-0.15, -0.1) is 0 Å². The molecule has 0 aromatic carbocycles. The minimum Gasteiger partial charge on any atom is -0.444 e. The molecule has 0 radical (unpaired) electrons. The second kappa shape index (κ2) is 5.05. The molecule has 1 atom stereocenters. The number of rotatable bonds is 4. The number of furan rings is 1. The van der Waals surface area contributed by atoms with E-state index in [1.807, 2.05) is 0 Å². The lowest BCUT2D eigenvalue weighted by Crippen LogP contribution is -2.31. The molecule has 2 heterocycles. The molecule has 1 aliphatic heterocycles. The molecule has 2 aliphatic rings. The SMILES string of the molecule is O=C(NCC1CCN(C2CC2)C1)c1ccc(Br)o1. The highest BCUT2D eigenvalue weighted by Crippen LogP contribution is 2.31. The molecule has 1 aliphatic carbocycles. The molecule has 98 valence electrons. The molecular formula is C13H17BrN2O2. The van der Waals surface area contributed by atoms with Gasteiger partial charge in [-0.1, -0.05) is 0 Å². The van der Waals surface area contributed by atoms with Crippen LogP contribution < -0.4 is 5.32 Å². The van der Waals surface area contributed by atoms with Crippen LogP contribution in [0, 0.1) is 5.92 Å². The van der Waals surface area contributed by atoms with Crippen molar-refractivity contribution in [2.24, 2.45) is 5.92 Å². The normalized spacial score (nSPS) is 24.4. The fourth-order valence-electron chi connectivity index (χ4n) is 2.56. The summed E-state index contributed by atoms with van der Waals surface area (Å²) in [6.07, 6.45) is 3.91. The number of nitrogens with zero attached hydrogens (tertiary/aromatic N) is 1. The van der Waals surface area contributed by atoms with Crippen molar-refractivity contribution in [2.75, 3.05) is 19.6 Å². The van der Waals surface area contributed by atoms with Crippen LogP contribution in [0.1, 0.15) is 29.8 Å². The van der Waals surface area contributed by atoms with Crippen molar-refractivity contribution in [3.05, 3.63) is 22.6 Å². The maximum atomic E-state index is 11.8. The van der Waals surface area contributed by atoms with Crippen LogP contribution in [0.2, 0.25) is 0 Å². The van der Waals surface area contributed by atoms with Crippen LogP contribution in [0.15, 0.2) is 21.2 Å². The van der Waals surface area contributed by atoms with Crippen molar-refractivity contribution >= 4 is 21.8 Å². The predicted octanol–water partition coefficient (Wildman–Crippen LogP) is 2.26. The third-order valence-electron chi connectivity index (χ3n) is 3.73. The fourth-order valence-corrected chi connectivity index (χ4v) is 2.87. The number of hydrogen-bond donors (Lipinski definition) is 1. The van der Waals surface area contributed by atoms with E-state index >= 15 is 0 Å². The zero-order chi connectivity index (χ0) is 12.5. The van der Waals surface area contributed by atoms with Gasteiger partial charge in [0.1, 0.15) is 0 Å². The van der Waals surface area contributed by atoms with Gasteiger partial charge in [-0.2, -0.15) is 0 Å². The van der Waals surface area contributed by atoms with E-state index in [1.165, 1.54) is 25.8 Å². The highest BCUT2D eigenvalue weighted by molar-refractivity contribution is 9.10. The van der Waals surface area contributed by atoms with Crippen LogP contribution in [0.3, 0.4) is 0 Å². The largest absolute Gasteiger partial charge is 0.444 e. The molecule has 0 bridgehead atoms. The average Bonchev–Trinajstić information content (AvgIpc) is 2.95. The Balaban J connectivity index is 1.45. The molecule has 2 fully saturated rings. The Hall–Kier alpha value is -0.810. The summed E-state index contributed by atoms with van der Waals surface area (Å²) in [4.78, 5) is 14.4. The van der Waals surface area contributed by atoms with Crippen molar-refractivity contribution in [3.8, 4) is 0 Å².